The van der Waals surface area contributed by atoms with Gasteiger partial charge in [0, 0.05) is 48.3 Å². The maximum atomic E-state index is 14.2. The van der Waals surface area contributed by atoms with Gasteiger partial charge in [0.1, 0.15) is 5.52 Å². The number of carbonyl (C=O) groups excluding carboxylic acids is 1. The van der Waals surface area contributed by atoms with Gasteiger partial charge in [-0.3, -0.25) is 9.78 Å². The molecule has 1 amide bonds. The normalized spacial score (nSPS) is 17.6. The quantitative estimate of drug-likeness (QED) is 0.688. The SMILES string of the molecule is Cc1ccc(N2CC(N(C)C)C2)cc1C(=O)NC1(c2ccc(F)c3nccnc23)CC1. The first-order valence-corrected chi connectivity index (χ1v) is 10.6. The predicted octanol–water partition coefficient (Wildman–Crippen LogP) is 3.25. The highest BCUT2D eigenvalue weighted by Gasteiger charge is 2.47. The van der Waals surface area contributed by atoms with E-state index in [-0.39, 0.29) is 11.4 Å². The number of benzene rings is 2. The summed E-state index contributed by atoms with van der Waals surface area (Å²) in [5.74, 6) is -0.508. The molecule has 0 atom stereocenters. The molecule has 1 saturated carbocycles. The number of hydrogen-bond donors (Lipinski definition) is 1. The standard InChI is InChI=1S/C24H26FN5O/c1-15-4-5-16(30-13-17(14-30)29(2)3)12-18(15)23(31)28-24(8-9-24)19-6-7-20(25)22-21(19)26-10-11-27-22/h4-7,10-12,17H,8-9,13-14H2,1-3H3,(H,28,31). The maximum Gasteiger partial charge on any atom is 0.252 e. The number of nitrogens with one attached hydrogen (secondary N) is 1. The molecule has 1 saturated heterocycles. The van der Waals surface area contributed by atoms with Crippen molar-refractivity contribution < 1.29 is 9.18 Å². The molecule has 5 rings (SSSR count). The van der Waals surface area contributed by atoms with Gasteiger partial charge in [-0.15, -0.1) is 0 Å². The number of rotatable bonds is 5. The van der Waals surface area contributed by atoms with Crippen LogP contribution in [0.1, 0.15) is 34.3 Å². The summed E-state index contributed by atoms with van der Waals surface area (Å²) < 4.78 is 14.2. The van der Waals surface area contributed by atoms with Crippen molar-refractivity contribution in [3.8, 4) is 0 Å². The van der Waals surface area contributed by atoms with E-state index in [1.54, 1.807) is 12.3 Å². The molecule has 2 aromatic carbocycles. The zero-order valence-corrected chi connectivity index (χ0v) is 18.0. The van der Waals surface area contributed by atoms with E-state index in [0.717, 1.165) is 42.7 Å². The number of nitrogens with zero attached hydrogens (tertiary/aromatic N) is 4. The lowest BCUT2D eigenvalue weighted by Gasteiger charge is -2.44. The first-order chi connectivity index (χ1) is 14.9. The maximum absolute atomic E-state index is 14.2. The monoisotopic (exact) mass is 419 g/mol. The number of amides is 1. The van der Waals surface area contributed by atoms with Gasteiger partial charge in [0.15, 0.2) is 5.82 Å². The molecule has 7 heteroatoms. The van der Waals surface area contributed by atoms with Crippen molar-refractivity contribution >= 4 is 22.6 Å². The highest BCUT2D eigenvalue weighted by atomic mass is 19.1. The van der Waals surface area contributed by atoms with Crippen LogP contribution in [0.15, 0.2) is 42.7 Å². The van der Waals surface area contributed by atoms with E-state index < -0.39 is 11.4 Å². The minimum absolute atomic E-state index is 0.108. The largest absolute Gasteiger partial charge is 0.368 e. The third-order valence-electron chi connectivity index (χ3n) is 6.62. The molecule has 2 fully saturated rings. The Balaban J connectivity index is 1.41. The molecule has 6 nitrogen and oxygen atoms in total. The lowest BCUT2D eigenvalue weighted by molar-refractivity contribution is 0.0930. The topological polar surface area (TPSA) is 61.4 Å². The smallest absolute Gasteiger partial charge is 0.252 e. The van der Waals surface area contributed by atoms with Gasteiger partial charge in [-0.25, -0.2) is 9.37 Å². The summed E-state index contributed by atoms with van der Waals surface area (Å²) in [4.78, 5) is 26.3. The van der Waals surface area contributed by atoms with Crippen LogP contribution in [-0.2, 0) is 5.54 Å². The van der Waals surface area contributed by atoms with Crippen LogP contribution in [0.25, 0.3) is 11.0 Å². The molecule has 0 spiro atoms. The van der Waals surface area contributed by atoms with E-state index in [9.17, 15) is 9.18 Å². The number of fused-ring (bicyclic) bond motifs is 1. The summed E-state index contributed by atoms with van der Waals surface area (Å²) in [5.41, 5.74) is 3.74. The summed E-state index contributed by atoms with van der Waals surface area (Å²) in [7, 11) is 4.18. The number of anilines is 1. The fourth-order valence-corrected chi connectivity index (χ4v) is 4.33. The average Bonchev–Trinajstić information content (AvgIpc) is 3.48. The first-order valence-electron chi connectivity index (χ1n) is 10.6. The predicted molar refractivity (Wildman–Crippen MR) is 119 cm³/mol. The van der Waals surface area contributed by atoms with Crippen LogP contribution in [0, 0.1) is 12.7 Å². The summed E-state index contributed by atoms with van der Waals surface area (Å²) in [6.45, 7) is 3.87. The molecule has 160 valence electrons. The molecular formula is C24H26FN5O. The molecule has 0 radical (unpaired) electrons. The minimum atomic E-state index is -0.520. The summed E-state index contributed by atoms with van der Waals surface area (Å²) in [6.07, 6.45) is 4.64. The van der Waals surface area contributed by atoms with E-state index in [0.29, 0.717) is 17.1 Å². The number of carbonyl (C=O) groups is 1. The molecular weight excluding hydrogens is 393 g/mol. The molecule has 1 N–H and O–H groups in total. The van der Waals surface area contributed by atoms with Crippen molar-refractivity contribution in [2.24, 2.45) is 0 Å². The summed E-state index contributed by atoms with van der Waals surface area (Å²) >= 11 is 0. The minimum Gasteiger partial charge on any atom is -0.368 e. The molecule has 0 unspecified atom stereocenters. The zero-order chi connectivity index (χ0) is 21.8. The molecule has 2 aliphatic rings. The molecule has 31 heavy (non-hydrogen) atoms. The van der Waals surface area contributed by atoms with E-state index >= 15 is 0 Å². The highest BCUT2D eigenvalue weighted by molar-refractivity contribution is 5.98. The highest BCUT2D eigenvalue weighted by Crippen LogP contribution is 2.48. The van der Waals surface area contributed by atoms with E-state index in [1.165, 1.54) is 12.3 Å². The van der Waals surface area contributed by atoms with Crippen LogP contribution in [-0.4, -0.2) is 54.0 Å². The molecule has 3 aromatic rings. The van der Waals surface area contributed by atoms with Crippen molar-refractivity contribution in [1.82, 2.24) is 20.2 Å². The van der Waals surface area contributed by atoms with Gasteiger partial charge in [-0.2, -0.15) is 0 Å². The number of aromatic nitrogens is 2. The molecule has 2 heterocycles. The van der Waals surface area contributed by atoms with Crippen LogP contribution >= 0.6 is 0 Å². The van der Waals surface area contributed by atoms with Crippen molar-refractivity contribution in [1.29, 1.82) is 0 Å². The second kappa shape index (κ2) is 7.27. The Labute approximate surface area is 181 Å². The van der Waals surface area contributed by atoms with Gasteiger partial charge in [0.25, 0.3) is 5.91 Å². The third-order valence-corrected chi connectivity index (χ3v) is 6.62. The fraction of sp³-hybridized carbons (Fsp3) is 0.375. The van der Waals surface area contributed by atoms with E-state index in [1.807, 2.05) is 19.1 Å². The number of likely N-dealkylation sites (N-methyl/N-ethyl adjacent to an activating group) is 1. The Morgan fingerprint density at radius 3 is 2.52 bits per heavy atom. The number of hydrogen-bond acceptors (Lipinski definition) is 5. The van der Waals surface area contributed by atoms with E-state index in [2.05, 4.69) is 45.2 Å². The Hall–Kier alpha value is -3.06. The first kappa shape index (κ1) is 19.9. The molecule has 1 aromatic heterocycles. The van der Waals surface area contributed by atoms with Gasteiger partial charge in [0.05, 0.1) is 11.1 Å². The third kappa shape index (κ3) is 3.43. The van der Waals surface area contributed by atoms with Crippen molar-refractivity contribution in [2.75, 3.05) is 32.1 Å². The van der Waals surface area contributed by atoms with Gasteiger partial charge in [-0.05, 0) is 57.6 Å². The van der Waals surface area contributed by atoms with Gasteiger partial charge in [0.2, 0.25) is 0 Å². The zero-order valence-electron chi connectivity index (χ0n) is 18.0. The van der Waals surface area contributed by atoms with Crippen molar-refractivity contribution in [2.45, 2.75) is 31.3 Å². The van der Waals surface area contributed by atoms with Crippen LogP contribution in [0.4, 0.5) is 10.1 Å². The Morgan fingerprint density at radius 2 is 1.84 bits per heavy atom. The van der Waals surface area contributed by atoms with Gasteiger partial charge >= 0.3 is 0 Å². The van der Waals surface area contributed by atoms with Crippen molar-refractivity contribution in [3.05, 3.63) is 65.2 Å². The second-order valence-electron chi connectivity index (χ2n) is 8.91. The number of aryl methyl sites for hydroxylation is 1. The number of halogens is 1. The van der Waals surface area contributed by atoms with Crippen molar-refractivity contribution in [3.63, 3.8) is 0 Å². The fourth-order valence-electron chi connectivity index (χ4n) is 4.33. The molecule has 1 aliphatic heterocycles. The van der Waals surface area contributed by atoms with Gasteiger partial charge < -0.3 is 15.1 Å². The average molecular weight is 420 g/mol. The lowest BCUT2D eigenvalue weighted by atomic mass is 9.99. The van der Waals surface area contributed by atoms with Crippen LogP contribution in [0.2, 0.25) is 0 Å². The Morgan fingerprint density at radius 1 is 1.13 bits per heavy atom. The lowest BCUT2D eigenvalue weighted by Crippen LogP contribution is -2.57. The Kier molecular flexibility index (Phi) is 4.66. The second-order valence-corrected chi connectivity index (χ2v) is 8.91. The van der Waals surface area contributed by atoms with Crippen LogP contribution in [0.3, 0.4) is 0 Å². The molecule has 0 bridgehead atoms. The van der Waals surface area contributed by atoms with Crippen LogP contribution in [0.5, 0.6) is 0 Å². The van der Waals surface area contributed by atoms with Crippen LogP contribution < -0.4 is 10.2 Å². The van der Waals surface area contributed by atoms with Gasteiger partial charge in [-0.1, -0.05) is 12.1 Å². The summed E-state index contributed by atoms with van der Waals surface area (Å²) in [6, 6.07) is 9.75. The van der Waals surface area contributed by atoms with E-state index in [4.69, 9.17) is 0 Å². The summed E-state index contributed by atoms with van der Waals surface area (Å²) in [5, 5.41) is 3.23. The Bertz CT molecular complexity index is 1170. The molecule has 1 aliphatic carbocycles.